The van der Waals surface area contributed by atoms with Crippen LogP contribution in [0.15, 0.2) is 23.0 Å². The number of hydrogen-bond donors (Lipinski definition) is 1. The molecule has 1 aromatic heterocycles. The van der Waals surface area contributed by atoms with Gasteiger partial charge in [0.2, 0.25) is 0 Å². The molecule has 1 heterocycles. The zero-order valence-electron chi connectivity index (χ0n) is 12.2. The lowest BCUT2D eigenvalue weighted by Crippen LogP contribution is -2.13. The average molecular weight is 291 g/mol. The molecule has 0 aliphatic rings. The van der Waals surface area contributed by atoms with E-state index in [-0.39, 0.29) is 11.8 Å². The van der Waals surface area contributed by atoms with Crippen molar-refractivity contribution in [2.45, 2.75) is 13.3 Å². The predicted octanol–water partition coefficient (Wildman–Crippen LogP) is 1.65. The summed E-state index contributed by atoms with van der Waals surface area (Å²) >= 11 is 0. The van der Waals surface area contributed by atoms with Crippen molar-refractivity contribution in [3.63, 3.8) is 0 Å². The minimum absolute atomic E-state index is 0.000611. The molecule has 112 valence electrons. The smallest absolute Gasteiger partial charge is 0.311 e. The van der Waals surface area contributed by atoms with E-state index in [1.807, 2.05) is 0 Å². The number of carbonyl (C=O) groups excluding carboxylic acids is 1. The van der Waals surface area contributed by atoms with Crippen LogP contribution in [-0.2, 0) is 16.0 Å². The molecule has 0 amide bonds. The van der Waals surface area contributed by atoms with Gasteiger partial charge in [0.05, 0.1) is 38.2 Å². The van der Waals surface area contributed by atoms with Gasteiger partial charge in [-0.3, -0.25) is 9.59 Å². The van der Waals surface area contributed by atoms with E-state index < -0.39 is 5.97 Å². The Morgan fingerprint density at radius 2 is 1.86 bits per heavy atom. The van der Waals surface area contributed by atoms with Crippen LogP contribution in [0.25, 0.3) is 10.9 Å². The van der Waals surface area contributed by atoms with Crippen molar-refractivity contribution in [2.24, 2.45) is 0 Å². The molecular formula is C15H17NO5. The number of esters is 1. The lowest BCUT2D eigenvalue weighted by atomic mass is 10.1. The number of fused-ring (bicyclic) bond motifs is 1. The number of aromatic nitrogens is 1. The topological polar surface area (TPSA) is 77.6 Å². The van der Waals surface area contributed by atoms with E-state index in [0.29, 0.717) is 34.7 Å². The van der Waals surface area contributed by atoms with Gasteiger partial charge in [-0.15, -0.1) is 0 Å². The summed E-state index contributed by atoms with van der Waals surface area (Å²) in [6, 6.07) is 4.74. The molecule has 0 spiro atoms. The Bertz CT molecular complexity index is 720. The number of ether oxygens (including phenoxy) is 3. The molecule has 6 heteroatoms. The third-order valence-corrected chi connectivity index (χ3v) is 3.05. The third-order valence-electron chi connectivity index (χ3n) is 3.05. The fourth-order valence-corrected chi connectivity index (χ4v) is 2.16. The Labute approximate surface area is 121 Å². The third kappa shape index (κ3) is 2.99. The first-order valence-electron chi connectivity index (χ1n) is 6.53. The first-order chi connectivity index (χ1) is 10.1. The summed E-state index contributed by atoms with van der Waals surface area (Å²) in [5, 5.41) is 0.393. The highest BCUT2D eigenvalue weighted by Gasteiger charge is 2.14. The van der Waals surface area contributed by atoms with Gasteiger partial charge in [-0.25, -0.2) is 0 Å². The van der Waals surface area contributed by atoms with Crippen molar-refractivity contribution in [1.29, 1.82) is 0 Å². The summed E-state index contributed by atoms with van der Waals surface area (Å²) in [6.45, 7) is 2.03. The molecule has 0 radical (unpaired) electrons. The van der Waals surface area contributed by atoms with Crippen molar-refractivity contribution in [2.75, 3.05) is 20.8 Å². The molecule has 0 aliphatic heterocycles. The van der Waals surface area contributed by atoms with E-state index in [1.54, 1.807) is 19.1 Å². The monoisotopic (exact) mass is 291 g/mol. The summed E-state index contributed by atoms with van der Waals surface area (Å²) in [4.78, 5) is 26.9. The van der Waals surface area contributed by atoms with Crippen LogP contribution in [0.2, 0.25) is 0 Å². The van der Waals surface area contributed by atoms with Crippen molar-refractivity contribution < 1.29 is 19.0 Å². The Morgan fingerprint density at radius 3 is 2.48 bits per heavy atom. The molecule has 0 saturated heterocycles. The van der Waals surface area contributed by atoms with Gasteiger partial charge in [-0.05, 0) is 19.1 Å². The largest absolute Gasteiger partial charge is 0.496 e. The second-order valence-corrected chi connectivity index (χ2v) is 4.36. The molecule has 21 heavy (non-hydrogen) atoms. The number of carbonyl (C=O) groups is 1. The predicted molar refractivity (Wildman–Crippen MR) is 78.0 cm³/mol. The van der Waals surface area contributed by atoms with Crippen LogP contribution < -0.4 is 14.9 Å². The Balaban J connectivity index is 2.58. The van der Waals surface area contributed by atoms with Gasteiger partial charge in [0, 0.05) is 11.8 Å². The van der Waals surface area contributed by atoms with Gasteiger partial charge in [0.25, 0.3) is 0 Å². The summed E-state index contributed by atoms with van der Waals surface area (Å²) in [6.07, 6.45) is -0.000611. The molecule has 0 bridgehead atoms. The van der Waals surface area contributed by atoms with E-state index in [1.165, 1.54) is 20.3 Å². The number of H-pyrrole nitrogens is 1. The van der Waals surface area contributed by atoms with Crippen LogP contribution >= 0.6 is 0 Å². The van der Waals surface area contributed by atoms with Crippen LogP contribution in [-0.4, -0.2) is 31.8 Å². The maximum absolute atomic E-state index is 12.3. The van der Waals surface area contributed by atoms with Crippen LogP contribution in [0, 0.1) is 0 Å². The fraction of sp³-hybridized carbons (Fsp3) is 0.333. The quantitative estimate of drug-likeness (QED) is 0.848. The first kappa shape index (κ1) is 14.9. The average Bonchev–Trinajstić information content (AvgIpc) is 2.46. The lowest BCUT2D eigenvalue weighted by Gasteiger charge is -2.11. The van der Waals surface area contributed by atoms with Crippen molar-refractivity contribution in [3.05, 3.63) is 34.1 Å². The zero-order chi connectivity index (χ0) is 15.4. The van der Waals surface area contributed by atoms with Crippen LogP contribution in [0.1, 0.15) is 12.6 Å². The number of hydrogen-bond acceptors (Lipinski definition) is 5. The van der Waals surface area contributed by atoms with E-state index >= 15 is 0 Å². The molecule has 0 saturated carbocycles. The van der Waals surface area contributed by atoms with E-state index in [0.717, 1.165) is 0 Å². The standard InChI is InChI=1S/C15H17NO5/c1-4-21-13(18)8-9-7-10(17)14-11(19-2)5-6-12(20-3)15(14)16-9/h5-7H,4,8H2,1-3H3,(H,16,17). The molecule has 0 fully saturated rings. The minimum atomic E-state index is -0.394. The number of benzene rings is 1. The Morgan fingerprint density at radius 1 is 1.19 bits per heavy atom. The van der Waals surface area contributed by atoms with Gasteiger partial charge in [-0.1, -0.05) is 0 Å². The molecular weight excluding hydrogens is 274 g/mol. The van der Waals surface area contributed by atoms with Crippen molar-refractivity contribution in [3.8, 4) is 11.5 Å². The van der Waals surface area contributed by atoms with E-state index in [4.69, 9.17) is 14.2 Å². The lowest BCUT2D eigenvalue weighted by molar-refractivity contribution is -0.142. The van der Waals surface area contributed by atoms with Gasteiger partial charge >= 0.3 is 5.97 Å². The molecule has 0 unspecified atom stereocenters. The number of pyridine rings is 1. The van der Waals surface area contributed by atoms with Crippen molar-refractivity contribution in [1.82, 2.24) is 4.98 Å². The Hall–Kier alpha value is -2.50. The summed E-state index contributed by atoms with van der Waals surface area (Å²) < 4.78 is 15.3. The SMILES string of the molecule is CCOC(=O)Cc1cc(=O)c2c(OC)ccc(OC)c2[nH]1. The minimum Gasteiger partial charge on any atom is -0.496 e. The number of nitrogens with one attached hydrogen (secondary N) is 1. The molecule has 0 atom stereocenters. The highest BCUT2D eigenvalue weighted by molar-refractivity contribution is 5.90. The highest BCUT2D eigenvalue weighted by Crippen LogP contribution is 2.29. The highest BCUT2D eigenvalue weighted by atomic mass is 16.5. The zero-order valence-corrected chi connectivity index (χ0v) is 12.2. The van der Waals surface area contributed by atoms with Crippen LogP contribution in [0.3, 0.4) is 0 Å². The molecule has 6 nitrogen and oxygen atoms in total. The molecule has 2 aromatic rings. The van der Waals surface area contributed by atoms with Gasteiger partial charge in [0.1, 0.15) is 11.5 Å². The van der Waals surface area contributed by atoms with Gasteiger partial charge in [0.15, 0.2) is 5.43 Å². The first-order valence-corrected chi connectivity index (χ1v) is 6.53. The number of rotatable bonds is 5. The summed E-state index contributed by atoms with van der Waals surface area (Å²) in [7, 11) is 3.00. The maximum Gasteiger partial charge on any atom is 0.311 e. The molecule has 0 aliphatic carbocycles. The van der Waals surface area contributed by atoms with E-state index in [9.17, 15) is 9.59 Å². The van der Waals surface area contributed by atoms with Gasteiger partial charge < -0.3 is 19.2 Å². The summed E-state index contributed by atoms with van der Waals surface area (Å²) in [5.74, 6) is 0.567. The normalized spacial score (nSPS) is 10.4. The fourth-order valence-electron chi connectivity index (χ4n) is 2.16. The van der Waals surface area contributed by atoms with E-state index in [2.05, 4.69) is 4.98 Å². The number of aromatic amines is 1. The molecule has 1 N–H and O–H groups in total. The second kappa shape index (κ2) is 6.30. The molecule has 2 rings (SSSR count). The number of methoxy groups -OCH3 is 2. The molecule has 1 aromatic carbocycles. The van der Waals surface area contributed by atoms with Crippen molar-refractivity contribution >= 4 is 16.9 Å². The Kier molecular flexibility index (Phi) is 4.47. The maximum atomic E-state index is 12.3. The van der Waals surface area contributed by atoms with Gasteiger partial charge in [-0.2, -0.15) is 0 Å². The van der Waals surface area contributed by atoms with Crippen LogP contribution in [0.4, 0.5) is 0 Å². The summed E-state index contributed by atoms with van der Waals surface area (Å²) in [5.41, 5.74) is 0.736. The van der Waals surface area contributed by atoms with Crippen LogP contribution in [0.5, 0.6) is 11.5 Å². The second-order valence-electron chi connectivity index (χ2n) is 4.36.